The highest BCUT2D eigenvalue weighted by Gasteiger charge is 2.24. The molecule has 0 spiro atoms. The van der Waals surface area contributed by atoms with E-state index in [2.05, 4.69) is 23.8 Å². The second kappa shape index (κ2) is 8.84. The number of nitrogens with one attached hydrogen (secondary N) is 2. The largest absolute Gasteiger partial charge is 0.366 e. The molecule has 7 nitrogen and oxygen atoms in total. The first-order valence-electron chi connectivity index (χ1n) is 8.44. The van der Waals surface area contributed by atoms with Gasteiger partial charge < -0.3 is 21.3 Å². The lowest BCUT2D eigenvalue weighted by Gasteiger charge is -2.32. The van der Waals surface area contributed by atoms with Crippen molar-refractivity contribution in [3.05, 3.63) is 60.2 Å². The molecule has 0 saturated carbocycles. The Morgan fingerprint density at radius 3 is 2.35 bits per heavy atom. The molecule has 0 bridgehead atoms. The summed E-state index contributed by atoms with van der Waals surface area (Å²) in [7, 11) is 0. The standard InChI is InChI=1S/C19H24N4O3/c1-3-13(2)18(25)23-10-8-16(9-11-23)22-19(26)21-12-14-4-6-15(7-5-14)17(20)24/h3-7,16H,1-2,8-12H2,(H2,20,24)(H2,21,22,26). The van der Waals surface area contributed by atoms with Gasteiger partial charge in [-0.15, -0.1) is 0 Å². The van der Waals surface area contributed by atoms with Crippen LogP contribution in [0, 0.1) is 0 Å². The van der Waals surface area contributed by atoms with Crippen LogP contribution in [0.15, 0.2) is 49.1 Å². The average molecular weight is 356 g/mol. The van der Waals surface area contributed by atoms with Crippen LogP contribution in [-0.2, 0) is 11.3 Å². The van der Waals surface area contributed by atoms with Crippen LogP contribution >= 0.6 is 0 Å². The normalized spacial score (nSPS) is 14.4. The maximum absolute atomic E-state index is 12.0. The van der Waals surface area contributed by atoms with Crippen LogP contribution in [0.3, 0.4) is 0 Å². The number of nitrogens with zero attached hydrogens (tertiary/aromatic N) is 1. The third-order valence-corrected chi connectivity index (χ3v) is 4.33. The zero-order chi connectivity index (χ0) is 19.1. The number of primary amides is 1. The first kappa shape index (κ1) is 19.2. The smallest absolute Gasteiger partial charge is 0.315 e. The summed E-state index contributed by atoms with van der Waals surface area (Å²) in [5, 5.41) is 5.70. The van der Waals surface area contributed by atoms with Gasteiger partial charge in [0.25, 0.3) is 5.91 Å². The van der Waals surface area contributed by atoms with Crippen molar-refractivity contribution in [2.45, 2.75) is 25.4 Å². The third kappa shape index (κ3) is 5.20. The van der Waals surface area contributed by atoms with Crippen LogP contribution in [0.25, 0.3) is 0 Å². The number of hydrogen-bond acceptors (Lipinski definition) is 3. The van der Waals surface area contributed by atoms with E-state index < -0.39 is 5.91 Å². The maximum Gasteiger partial charge on any atom is 0.315 e. The lowest BCUT2D eigenvalue weighted by atomic mass is 10.0. The van der Waals surface area contributed by atoms with E-state index in [0.29, 0.717) is 43.6 Å². The van der Waals surface area contributed by atoms with E-state index in [1.807, 2.05) is 0 Å². The summed E-state index contributed by atoms with van der Waals surface area (Å²) >= 11 is 0. The predicted molar refractivity (Wildman–Crippen MR) is 99.3 cm³/mol. The van der Waals surface area contributed by atoms with Gasteiger partial charge in [0.15, 0.2) is 0 Å². The van der Waals surface area contributed by atoms with Gasteiger partial charge in [-0.05, 0) is 30.5 Å². The van der Waals surface area contributed by atoms with Gasteiger partial charge in [-0.25, -0.2) is 4.79 Å². The van der Waals surface area contributed by atoms with E-state index in [-0.39, 0.29) is 18.0 Å². The minimum Gasteiger partial charge on any atom is -0.366 e. The Morgan fingerprint density at radius 1 is 1.19 bits per heavy atom. The Labute approximate surface area is 152 Å². The average Bonchev–Trinajstić information content (AvgIpc) is 2.66. The predicted octanol–water partition coefficient (Wildman–Crippen LogP) is 1.32. The van der Waals surface area contributed by atoms with Gasteiger partial charge in [-0.1, -0.05) is 31.4 Å². The Balaban J connectivity index is 1.73. The molecule has 1 fully saturated rings. The zero-order valence-corrected chi connectivity index (χ0v) is 14.7. The van der Waals surface area contributed by atoms with Crippen molar-refractivity contribution in [2.75, 3.05) is 13.1 Å². The molecule has 0 aliphatic carbocycles. The number of carbonyl (C=O) groups excluding carboxylic acids is 3. The molecule has 0 unspecified atom stereocenters. The molecule has 138 valence electrons. The van der Waals surface area contributed by atoms with Gasteiger partial charge in [-0.3, -0.25) is 9.59 Å². The van der Waals surface area contributed by atoms with Crippen molar-refractivity contribution in [1.82, 2.24) is 15.5 Å². The molecule has 26 heavy (non-hydrogen) atoms. The highest BCUT2D eigenvalue weighted by Crippen LogP contribution is 2.13. The van der Waals surface area contributed by atoms with E-state index in [4.69, 9.17) is 5.73 Å². The van der Waals surface area contributed by atoms with E-state index in [9.17, 15) is 14.4 Å². The quantitative estimate of drug-likeness (QED) is 0.529. The van der Waals surface area contributed by atoms with Gasteiger partial charge in [0, 0.05) is 36.8 Å². The number of carbonyl (C=O) groups is 3. The summed E-state index contributed by atoms with van der Waals surface area (Å²) in [5.74, 6) is -0.592. The highest BCUT2D eigenvalue weighted by molar-refractivity contribution is 5.95. The van der Waals surface area contributed by atoms with Crippen LogP contribution in [0.2, 0.25) is 0 Å². The summed E-state index contributed by atoms with van der Waals surface area (Å²) in [6.45, 7) is 8.72. The lowest BCUT2D eigenvalue weighted by molar-refractivity contribution is -0.127. The van der Waals surface area contributed by atoms with Crippen molar-refractivity contribution in [3.8, 4) is 0 Å². The fourth-order valence-electron chi connectivity index (χ4n) is 2.72. The third-order valence-electron chi connectivity index (χ3n) is 4.33. The summed E-state index contributed by atoms with van der Waals surface area (Å²) in [4.78, 5) is 36.8. The van der Waals surface area contributed by atoms with E-state index in [0.717, 1.165) is 5.56 Å². The second-order valence-electron chi connectivity index (χ2n) is 6.18. The molecule has 0 radical (unpaired) electrons. The number of hydrogen-bond donors (Lipinski definition) is 3. The number of urea groups is 1. The molecule has 1 aliphatic heterocycles. The minimum absolute atomic E-state index is 0.0216. The monoisotopic (exact) mass is 356 g/mol. The van der Waals surface area contributed by atoms with E-state index in [1.54, 1.807) is 29.2 Å². The molecule has 1 heterocycles. The Morgan fingerprint density at radius 2 is 1.81 bits per heavy atom. The molecule has 1 saturated heterocycles. The van der Waals surface area contributed by atoms with Gasteiger partial charge >= 0.3 is 6.03 Å². The van der Waals surface area contributed by atoms with E-state index >= 15 is 0 Å². The Hall–Kier alpha value is -3.09. The molecule has 2 rings (SSSR count). The van der Waals surface area contributed by atoms with Gasteiger partial charge in [0.1, 0.15) is 0 Å². The molecular weight excluding hydrogens is 332 g/mol. The van der Waals surface area contributed by atoms with Gasteiger partial charge in [-0.2, -0.15) is 0 Å². The van der Waals surface area contributed by atoms with Crippen LogP contribution in [0.4, 0.5) is 4.79 Å². The Bertz CT molecular complexity index is 704. The fraction of sp³-hybridized carbons (Fsp3) is 0.316. The summed E-state index contributed by atoms with van der Waals surface area (Å²) in [6.07, 6.45) is 2.84. The molecule has 0 aromatic heterocycles. The number of piperidine rings is 1. The molecule has 4 amide bonds. The van der Waals surface area contributed by atoms with Crippen LogP contribution < -0.4 is 16.4 Å². The van der Waals surface area contributed by atoms with Crippen molar-refractivity contribution >= 4 is 17.8 Å². The first-order chi connectivity index (χ1) is 12.4. The molecule has 4 N–H and O–H groups in total. The van der Waals surface area contributed by atoms with Crippen molar-refractivity contribution in [1.29, 1.82) is 0 Å². The lowest BCUT2D eigenvalue weighted by Crippen LogP contribution is -2.49. The number of likely N-dealkylation sites (tertiary alicyclic amines) is 1. The molecule has 7 heteroatoms. The number of amides is 4. The van der Waals surface area contributed by atoms with E-state index in [1.165, 1.54) is 6.08 Å². The summed E-state index contributed by atoms with van der Waals surface area (Å²) in [5.41, 5.74) is 6.87. The van der Waals surface area contributed by atoms with Gasteiger partial charge in [0.2, 0.25) is 5.91 Å². The molecule has 1 aliphatic rings. The van der Waals surface area contributed by atoms with Crippen LogP contribution in [0.5, 0.6) is 0 Å². The number of nitrogens with two attached hydrogens (primary N) is 1. The molecule has 1 aromatic carbocycles. The minimum atomic E-state index is -0.483. The molecular formula is C19H24N4O3. The van der Waals surface area contributed by atoms with Crippen LogP contribution in [-0.4, -0.2) is 41.9 Å². The van der Waals surface area contributed by atoms with Crippen molar-refractivity contribution in [3.63, 3.8) is 0 Å². The molecule has 1 aromatic rings. The van der Waals surface area contributed by atoms with Crippen LogP contribution in [0.1, 0.15) is 28.8 Å². The number of benzene rings is 1. The Kier molecular flexibility index (Phi) is 6.54. The fourth-order valence-corrected chi connectivity index (χ4v) is 2.72. The number of rotatable bonds is 6. The molecule has 0 atom stereocenters. The van der Waals surface area contributed by atoms with Gasteiger partial charge in [0.05, 0.1) is 0 Å². The summed E-state index contributed by atoms with van der Waals surface area (Å²) in [6, 6.07) is 6.51. The van der Waals surface area contributed by atoms with Crippen molar-refractivity contribution < 1.29 is 14.4 Å². The zero-order valence-electron chi connectivity index (χ0n) is 14.7. The maximum atomic E-state index is 12.0. The van der Waals surface area contributed by atoms with Crippen molar-refractivity contribution in [2.24, 2.45) is 5.73 Å². The second-order valence-corrected chi connectivity index (χ2v) is 6.18. The summed E-state index contributed by atoms with van der Waals surface area (Å²) < 4.78 is 0. The topological polar surface area (TPSA) is 105 Å². The highest BCUT2D eigenvalue weighted by atomic mass is 16.2. The first-order valence-corrected chi connectivity index (χ1v) is 8.44. The SMILES string of the molecule is C=CC(=C)C(=O)N1CCC(NC(=O)NCc2ccc(C(N)=O)cc2)CC1.